The number of carbonyl (C=O) groups excluding carboxylic acids is 2. The van der Waals surface area contributed by atoms with Gasteiger partial charge in [-0.05, 0) is 75.1 Å². The molecule has 0 fully saturated rings. The van der Waals surface area contributed by atoms with E-state index < -0.39 is 5.41 Å². The summed E-state index contributed by atoms with van der Waals surface area (Å²) in [4.78, 5) is 25.1. The Bertz CT molecular complexity index is 795. The maximum Gasteiger partial charge on any atom is 0.239 e. The van der Waals surface area contributed by atoms with E-state index in [1.165, 1.54) is 0 Å². The van der Waals surface area contributed by atoms with Crippen molar-refractivity contribution in [2.24, 2.45) is 5.41 Å². The van der Waals surface area contributed by atoms with Gasteiger partial charge in [-0.1, -0.05) is 29.8 Å². The number of halogens is 1. The number of amides is 2. The minimum absolute atomic E-state index is 0.304. The summed E-state index contributed by atoms with van der Waals surface area (Å²) in [5, 5.41) is 6.35. The van der Waals surface area contributed by atoms with Crippen LogP contribution in [0.1, 0.15) is 30.5 Å². The smallest absolute Gasteiger partial charge is 0.239 e. The molecule has 0 bridgehead atoms. The molecule has 138 valence electrons. The average molecular weight is 373 g/mol. The number of nitrogens with one attached hydrogen (secondary N) is 2. The van der Waals surface area contributed by atoms with Crippen molar-refractivity contribution in [1.82, 2.24) is 5.32 Å². The lowest BCUT2D eigenvalue weighted by atomic mass is 9.90. The molecule has 2 aromatic carbocycles. The molecule has 2 amide bonds. The largest absolute Gasteiger partial charge is 0.355 e. The molecule has 2 aromatic rings. The third-order valence-corrected chi connectivity index (χ3v) is 4.44. The fraction of sp³-hybridized carbons (Fsp3) is 0.333. The van der Waals surface area contributed by atoms with Crippen molar-refractivity contribution in [3.05, 3.63) is 64.2 Å². The normalized spacial score (nSPS) is 11.1. The highest BCUT2D eigenvalue weighted by Gasteiger charge is 2.35. The summed E-state index contributed by atoms with van der Waals surface area (Å²) >= 11 is 5.96. The third-order valence-electron chi connectivity index (χ3n) is 4.20. The number of hydrogen-bond donors (Lipinski definition) is 2. The summed E-state index contributed by atoms with van der Waals surface area (Å²) in [6.45, 7) is 7.63. The van der Waals surface area contributed by atoms with Gasteiger partial charge in [-0.3, -0.25) is 9.59 Å². The van der Waals surface area contributed by atoms with Crippen LogP contribution in [0, 0.1) is 19.3 Å². The molecule has 0 atom stereocenters. The first-order valence-corrected chi connectivity index (χ1v) is 8.99. The minimum Gasteiger partial charge on any atom is -0.355 e. The van der Waals surface area contributed by atoms with Gasteiger partial charge in [0.1, 0.15) is 5.41 Å². The van der Waals surface area contributed by atoms with Crippen LogP contribution in [0.4, 0.5) is 5.69 Å². The van der Waals surface area contributed by atoms with Crippen molar-refractivity contribution < 1.29 is 9.59 Å². The lowest BCUT2D eigenvalue weighted by molar-refractivity contribution is -0.138. The lowest BCUT2D eigenvalue weighted by Gasteiger charge is -2.23. The van der Waals surface area contributed by atoms with Crippen molar-refractivity contribution in [3.63, 3.8) is 0 Å². The van der Waals surface area contributed by atoms with Crippen molar-refractivity contribution in [2.45, 2.75) is 34.1 Å². The third kappa shape index (κ3) is 5.33. The number of hydrogen-bond acceptors (Lipinski definition) is 2. The van der Waals surface area contributed by atoms with Gasteiger partial charge in [-0.15, -0.1) is 0 Å². The van der Waals surface area contributed by atoms with Crippen LogP contribution in [0.2, 0.25) is 5.02 Å². The molecule has 0 saturated heterocycles. The summed E-state index contributed by atoms with van der Waals surface area (Å²) in [5.41, 5.74) is 2.68. The second-order valence-corrected chi connectivity index (χ2v) is 7.53. The first-order valence-electron chi connectivity index (χ1n) is 8.61. The summed E-state index contributed by atoms with van der Waals surface area (Å²) in [6.07, 6.45) is 0.654. The van der Waals surface area contributed by atoms with Crippen LogP contribution < -0.4 is 10.6 Å². The van der Waals surface area contributed by atoms with E-state index in [9.17, 15) is 9.59 Å². The molecule has 0 aliphatic heterocycles. The van der Waals surface area contributed by atoms with Crippen molar-refractivity contribution in [1.29, 1.82) is 0 Å². The van der Waals surface area contributed by atoms with E-state index in [-0.39, 0.29) is 11.8 Å². The molecule has 0 aliphatic carbocycles. The molecule has 2 rings (SSSR count). The Hall–Kier alpha value is -2.33. The molecule has 0 unspecified atom stereocenters. The molecule has 5 heteroatoms. The van der Waals surface area contributed by atoms with Gasteiger partial charge in [0.25, 0.3) is 0 Å². The highest BCUT2D eigenvalue weighted by molar-refractivity contribution is 6.30. The topological polar surface area (TPSA) is 58.2 Å². The number of carbonyl (C=O) groups is 2. The fourth-order valence-corrected chi connectivity index (χ4v) is 2.88. The van der Waals surface area contributed by atoms with Crippen LogP contribution in [0.3, 0.4) is 0 Å². The van der Waals surface area contributed by atoms with Crippen molar-refractivity contribution in [3.8, 4) is 0 Å². The number of benzene rings is 2. The Morgan fingerprint density at radius 2 is 1.65 bits per heavy atom. The number of anilines is 1. The van der Waals surface area contributed by atoms with Crippen molar-refractivity contribution >= 4 is 29.1 Å². The molecule has 2 N–H and O–H groups in total. The quantitative estimate of drug-likeness (QED) is 0.743. The maximum absolute atomic E-state index is 12.6. The standard InChI is InChI=1S/C21H25ClN2O2/c1-14-10-15(2)12-18(11-14)24-20(26)21(3,4)19(25)23-9-8-16-6-5-7-17(22)13-16/h5-7,10-13H,8-9H2,1-4H3,(H,23,25)(H,24,26). The van der Waals surface area contributed by atoms with E-state index in [1.807, 2.05) is 56.3 Å². The van der Waals surface area contributed by atoms with Crippen LogP contribution in [0.25, 0.3) is 0 Å². The number of aryl methyl sites for hydroxylation is 2. The van der Waals surface area contributed by atoms with Crippen molar-refractivity contribution in [2.75, 3.05) is 11.9 Å². The summed E-state index contributed by atoms with van der Waals surface area (Å²) in [6, 6.07) is 13.3. The first kappa shape index (κ1) is 20.0. The summed E-state index contributed by atoms with van der Waals surface area (Å²) in [5.74, 6) is -0.635. The van der Waals surface area contributed by atoms with E-state index in [4.69, 9.17) is 11.6 Å². The van der Waals surface area contributed by atoms with Gasteiger partial charge < -0.3 is 10.6 Å². The van der Waals surface area contributed by atoms with E-state index in [0.29, 0.717) is 23.7 Å². The molecule has 0 radical (unpaired) electrons. The monoisotopic (exact) mass is 372 g/mol. The highest BCUT2D eigenvalue weighted by Crippen LogP contribution is 2.21. The van der Waals surface area contributed by atoms with Gasteiger partial charge in [0.2, 0.25) is 11.8 Å². The summed E-state index contributed by atoms with van der Waals surface area (Å²) < 4.78 is 0. The van der Waals surface area contributed by atoms with Crippen LogP contribution in [0.5, 0.6) is 0 Å². The van der Waals surface area contributed by atoms with Crippen LogP contribution in [-0.2, 0) is 16.0 Å². The molecule has 0 saturated carbocycles. The van der Waals surface area contributed by atoms with Gasteiger partial charge in [0.05, 0.1) is 0 Å². The second kappa shape index (κ2) is 8.37. The zero-order chi connectivity index (χ0) is 19.3. The van der Waals surface area contributed by atoms with E-state index in [0.717, 1.165) is 16.7 Å². The molecule has 0 aromatic heterocycles. The number of rotatable bonds is 6. The average Bonchev–Trinajstić information content (AvgIpc) is 2.53. The SMILES string of the molecule is Cc1cc(C)cc(NC(=O)C(C)(C)C(=O)NCCc2cccc(Cl)c2)c1. The van der Waals surface area contributed by atoms with Crippen LogP contribution >= 0.6 is 11.6 Å². The Morgan fingerprint density at radius 3 is 2.27 bits per heavy atom. The van der Waals surface area contributed by atoms with Crippen LogP contribution in [-0.4, -0.2) is 18.4 Å². The second-order valence-electron chi connectivity index (χ2n) is 7.09. The zero-order valence-electron chi connectivity index (χ0n) is 15.7. The Balaban J connectivity index is 1.94. The molecule has 0 heterocycles. The Labute approximate surface area is 159 Å². The molecule has 4 nitrogen and oxygen atoms in total. The molecular formula is C21H25ClN2O2. The van der Waals surface area contributed by atoms with Gasteiger partial charge in [-0.25, -0.2) is 0 Å². The molecule has 0 aliphatic rings. The van der Waals surface area contributed by atoms with E-state index in [1.54, 1.807) is 13.8 Å². The highest BCUT2D eigenvalue weighted by atomic mass is 35.5. The summed E-state index contributed by atoms with van der Waals surface area (Å²) in [7, 11) is 0. The molecule has 26 heavy (non-hydrogen) atoms. The molecular weight excluding hydrogens is 348 g/mol. The fourth-order valence-electron chi connectivity index (χ4n) is 2.67. The lowest BCUT2D eigenvalue weighted by Crippen LogP contribution is -2.45. The first-order chi connectivity index (χ1) is 12.2. The van der Waals surface area contributed by atoms with Gasteiger partial charge in [0, 0.05) is 17.3 Å². The predicted molar refractivity (Wildman–Crippen MR) is 106 cm³/mol. The van der Waals surface area contributed by atoms with Gasteiger partial charge in [0.15, 0.2) is 0 Å². The minimum atomic E-state index is -1.17. The van der Waals surface area contributed by atoms with E-state index in [2.05, 4.69) is 10.6 Å². The Morgan fingerprint density at radius 1 is 1.00 bits per heavy atom. The predicted octanol–water partition coefficient (Wildman–Crippen LogP) is 4.28. The van der Waals surface area contributed by atoms with Gasteiger partial charge in [-0.2, -0.15) is 0 Å². The Kier molecular flexibility index (Phi) is 6.43. The van der Waals surface area contributed by atoms with Gasteiger partial charge >= 0.3 is 0 Å². The molecule has 0 spiro atoms. The zero-order valence-corrected chi connectivity index (χ0v) is 16.4. The van der Waals surface area contributed by atoms with E-state index >= 15 is 0 Å². The maximum atomic E-state index is 12.6. The van der Waals surface area contributed by atoms with Crippen LogP contribution in [0.15, 0.2) is 42.5 Å².